The fraction of sp³-hybridized carbons (Fsp3) is 0.412. The number of nitrogens with zero attached hydrogens (tertiary/aromatic N) is 2. The molecule has 0 aliphatic heterocycles. The lowest BCUT2D eigenvalue weighted by Crippen LogP contribution is -2.25. The number of hydrogen-bond acceptors (Lipinski definition) is 3. The second-order valence-corrected chi connectivity index (χ2v) is 5.62. The van der Waals surface area contributed by atoms with E-state index >= 15 is 0 Å². The molecule has 0 radical (unpaired) electrons. The van der Waals surface area contributed by atoms with Crippen LogP contribution in [-0.2, 0) is 6.54 Å². The smallest absolute Gasteiger partial charge is 0.266 e. The molecule has 0 aliphatic carbocycles. The third kappa shape index (κ3) is 3.58. The quantitative estimate of drug-likeness (QED) is 0.919. The van der Waals surface area contributed by atoms with Crippen LogP contribution in [0.4, 0.5) is 0 Å². The van der Waals surface area contributed by atoms with Gasteiger partial charge in [0.2, 0.25) is 0 Å². The van der Waals surface area contributed by atoms with Gasteiger partial charge in [-0.25, -0.2) is 4.68 Å². The summed E-state index contributed by atoms with van der Waals surface area (Å²) in [6.07, 6.45) is 0.870. The van der Waals surface area contributed by atoms with E-state index in [9.17, 15) is 4.79 Å². The molecular formula is C17H23N3O. The molecule has 0 saturated heterocycles. The summed E-state index contributed by atoms with van der Waals surface area (Å²) in [5, 5.41) is 4.38. The van der Waals surface area contributed by atoms with E-state index in [0.717, 1.165) is 17.7 Å². The molecule has 0 amide bonds. The van der Waals surface area contributed by atoms with E-state index in [2.05, 4.69) is 31.1 Å². The van der Waals surface area contributed by atoms with E-state index < -0.39 is 0 Å². The van der Waals surface area contributed by atoms with Crippen LogP contribution in [0.15, 0.2) is 41.2 Å². The van der Waals surface area contributed by atoms with Crippen LogP contribution >= 0.6 is 0 Å². The molecule has 1 unspecified atom stereocenters. The normalized spacial score (nSPS) is 12.6. The highest BCUT2D eigenvalue weighted by molar-refractivity contribution is 5.30. The number of benzene rings is 1. The third-order valence-electron chi connectivity index (χ3n) is 3.60. The summed E-state index contributed by atoms with van der Waals surface area (Å²) in [6.45, 7) is 6.96. The molecule has 2 N–H and O–H groups in total. The van der Waals surface area contributed by atoms with Crippen LogP contribution in [0.3, 0.4) is 0 Å². The Morgan fingerprint density at radius 1 is 1.10 bits per heavy atom. The summed E-state index contributed by atoms with van der Waals surface area (Å²) >= 11 is 0. The first kappa shape index (κ1) is 15.4. The molecule has 1 aromatic carbocycles. The molecule has 0 fully saturated rings. The van der Waals surface area contributed by atoms with Crippen LogP contribution in [0.5, 0.6) is 0 Å². The minimum atomic E-state index is -0.310. The van der Waals surface area contributed by atoms with E-state index in [1.54, 1.807) is 12.1 Å². The van der Waals surface area contributed by atoms with Crippen LogP contribution in [0.25, 0.3) is 0 Å². The van der Waals surface area contributed by atoms with E-state index in [1.807, 2.05) is 19.1 Å². The van der Waals surface area contributed by atoms with E-state index in [1.165, 1.54) is 10.2 Å². The van der Waals surface area contributed by atoms with Gasteiger partial charge >= 0.3 is 0 Å². The predicted octanol–water partition coefficient (Wildman–Crippen LogP) is 2.82. The molecule has 0 saturated carbocycles. The fourth-order valence-electron chi connectivity index (χ4n) is 2.26. The molecule has 1 heterocycles. The Kier molecular flexibility index (Phi) is 4.91. The zero-order valence-corrected chi connectivity index (χ0v) is 12.9. The van der Waals surface area contributed by atoms with Crippen molar-refractivity contribution in [3.63, 3.8) is 0 Å². The molecule has 2 rings (SSSR count). The molecule has 2 aromatic rings. The molecule has 0 aliphatic rings. The molecule has 0 spiro atoms. The number of rotatable bonds is 5. The molecule has 4 nitrogen and oxygen atoms in total. The van der Waals surface area contributed by atoms with Gasteiger partial charge in [0.25, 0.3) is 5.56 Å². The van der Waals surface area contributed by atoms with E-state index in [0.29, 0.717) is 12.5 Å². The standard InChI is InChI=1S/C17H23N3O/c1-4-11-20-16(21)10-9-15(19-20)17(18)14-7-5-13(6-8-14)12(2)3/h5-10,12,17H,4,11,18H2,1-3H3. The van der Waals surface area contributed by atoms with Crippen molar-refractivity contribution in [2.75, 3.05) is 0 Å². The maximum Gasteiger partial charge on any atom is 0.266 e. The maximum atomic E-state index is 11.7. The van der Waals surface area contributed by atoms with E-state index in [-0.39, 0.29) is 11.6 Å². The summed E-state index contributed by atoms with van der Waals surface area (Å²) < 4.78 is 1.48. The SMILES string of the molecule is CCCn1nc(C(N)c2ccc(C(C)C)cc2)ccc1=O. The van der Waals surface area contributed by atoms with Crippen LogP contribution in [0, 0.1) is 0 Å². The Morgan fingerprint density at radius 2 is 1.71 bits per heavy atom. The molecule has 1 atom stereocenters. The van der Waals surface area contributed by atoms with Crippen LogP contribution in [0.1, 0.15) is 56.0 Å². The largest absolute Gasteiger partial charge is 0.319 e. The van der Waals surface area contributed by atoms with Gasteiger partial charge in [0.05, 0.1) is 11.7 Å². The zero-order valence-electron chi connectivity index (χ0n) is 12.9. The second-order valence-electron chi connectivity index (χ2n) is 5.62. The Labute approximate surface area is 125 Å². The first-order valence-electron chi connectivity index (χ1n) is 7.46. The molecule has 112 valence electrons. The number of aryl methyl sites for hydroxylation is 1. The monoisotopic (exact) mass is 285 g/mol. The molecular weight excluding hydrogens is 262 g/mol. The van der Waals surface area contributed by atoms with Crippen LogP contribution < -0.4 is 11.3 Å². The highest BCUT2D eigenvalue weighted by atomic mass is 16.1. The Morgan fingerprint density at radius 3 is 2.29 bits per heavy atom. The van der Waals surface area contributed by atoms with Gasteiger partial charge in [-0.3, -0.25) is 4.79 Å². The lowest BCUT2D eigenvalue weighted by Gasteiger charge is -2.14. The Bertz CT molecular complexity index is 644. The average molecular weight is 285 g/mol. The van der Waals surface area contributed by atoms with Crippen molar-refractivity contribution in [3.8, 4) is 0 Å². The Balaban J connectivity index is 2.28. The van der Waals surface area contributed by atoms with Crippen molar-refractivity contribution < 1.29 is 0 Å². The summed E-state index contributed by atoms with van der Waals surface area (Å²) in [5.74, 6) is 0.500. The summed E-state index contributed by atoms with van der Waals surface area (Å²) in [7, 11) is 0. The second kappa shape index (κ2) is 6.68. The molecule has 1 aromatic heterocycles. The lowest BCUT2D eigenvalue weighted by atomic mass is 9.98. The highest BCUT2D eigenvalue weighted by Gasteiger charge is 2.12. The average Bonchev–Trinajstić information content (AvgIpc) is 2.49. The van der Waals surface area contributed by atoms with Crippen LogP contribution in [-0.4, -0.2) is 9.78 Å². The van der Waals surface area contributed by atoms with Crippen molar-refractivity contribution in [3.05, 3.63) is 63.6 Å². The van der Waals surface area contributed by atoms with Crippen molar-refractivity contribution in [2.24, 2.45) is 5.73 Å². The van der Waals surface area contributed by atoms with E-state index in [4.69, 9.17) is 5.73 Å². The maximum absolute atomic E-state index is 11.7. The first-order chi connectivity index (χ1) is 10.0. The van der Waals surface area contributed by atoms with Gasteiger partial charge in [-0.2, -0.15) is 5.10 Å². The number of nitrogens with two attached hydrogens (primary N) is 1. The summed E-state index contributed by atoms with van der Waals surface area (Å²) in [6, 6.07) is 11.2. The molecule has 0 bridgehead atoms. The first-order valence-corrected chi connectivity index (χ1v) is 7.46. The summed E-state index contributed by atoms with van der Waals surface area (Å²) in [5.41, 5.74) is 9.22. The van der Waals surface area contributed by atoms with Gasteiger partial charge < -0.3 is 5.73 Å². The van der Waals surface area contributed by atoms with Crippen molar-refractivity contribution in [1.29, 1.82) is 0 Å². The summed E-state index contributed by atoms with van der Waals surface area (Å²) in [4.78, 5) is 11.7. The van der Waals surface area contributed by atoms with Crippen LogP contribution in [0.2, 0.25) is 0 Å². The topological polar surface area (TPSA) is 60.9 Å². The highest BCUT2D eigenvalue weighted by Crippen LogP contribution is 2.20. The van der Waals surface area contributed by atoms with Gasteiger partial charge in [0, 0.05) is 12.6 Å². The zero-order chi connectivity index (χ0) is 15.4. The predicted molar refractivity (Wildman–Crippen MR) is 85.3 cm³/mol. The van der Waals surface area contributed by atoms with Gasteiger partial charge in [0.15, 0.2) is 0 Å². The third-order valence-corrected chi connectivity index (χ3v) is 3.60. The minimum Gasteiger partial charge on any atom is -0.319 e. The van der Waals surface area contributed by atoms with Gasteiger partial charge in [-0.15, -0.1) is 0 Å². The van der Waals surface area contributed by atoms with Gasteiger partial charge in [-0.05, 0) is 29.5 Å². The fourth-order valence-corrected chi connectivity index (χ4v) is 2.26. The van der Waals surface area contributed by atoms with Crippen molar-refractivity contribution in [2.45, 2.75) is 45.7 Å². The minimum absolute atomic E-state index is 0.0806. The van der Waals surface area contributed by atoms with Crippen molar-refractivity contribution in [1.82, 2.24) is 9.78 Å². The molecule has 21 heavy (non-hydrogen) atoms. The Hall–Kier alpha value is -1.94. The van der Waals surface area contributed by atoms with Crippen molar-refractivity contribution >= 4 is 0 Å². The molecule has 4 heteroatoms. The number of hydrogen-bond donors (Lipinski definition) is 1. The lowest BCUT2D eigenvalue weighted by molar-refractivity contribution is 0.548. The van der Waals surface area contributed by atoms with Gasteiger partial charge in [-0.1, -0.05) is 45.0 Å². The van der Waals surface area contributed by atoms with Gasteiger partial charge in [0.1, 0.15) is 0 Å². The number of aromatic nitrogens is 2.